The van der Waals surface area contributed by atoms with Gasteiger partial charge in [-0.3, -0.25) is 4.99 Å². The van der Waals surface area contributed by atoms with Crippen molar-refractivity contribution in [3.8, 4) is 0 Å². The average Bonchev–Trinajstić information content (AvgIpc) is 3.00. The minimum Gasteiger partial charge on any atom is -0.382 e. The maximum absolute atomic E-state index is 13.2. The van der Waals surface area contributed by atoms with Crippen LogP contribution in [-0.4, -0.2) is 43.8 Å². The Kier molecular flexibility index (Phi) is 8.25. The molecule has 0 spiro atoms. The maximum atomic E-state index is 13.2. The van der Waals surface area contributed by atoms with Crippen molar-refractivity contribution in [1.29, 1.82) is 0 Å². The molecule has 1 aromatic heterocycles. The zero-order valence-corrected chi connectivity index (χ0v) is 15.2. The number of halogens is 1. The lowest BCUT2D eigenvalue weighted by atomic mass is 10.1. The lowest BCUT2D eigenvalue weighted by Crippen LogP contribution is -2.38. The molecular weight excluding hydrogens is 319 g/mol. The van der Waals surface area contributed by atoms with Crippen LogP contribution in [0.15, 0.2) is 29.4 Å². The Morgan fingerprint density at radius 3 is 2.92 bits per heavy atom. The first-order valence-corrected chi connectivity index (χ1v) is 9.10. The summed E-state index contributed by atoms with van der Waals surface area (Å²) in [5.74, 6) is 0.620. The van der Waals surface area contributed by atoms with Crippen molar-refractivity contribution in [2.75, 3.05) is 32.8 Å². The van der Waals surface area contributed by atoms with Crippen LogP contribution in [0.1, 0.15) is 32.3 Å². The molecule has 6 heteroatoms. The van der Waals surface area contributed by atoms with Crippen LogP contribution in [0.25, 0.3) is 10.9 Å². The Balaban J connectivity index is 1.79. The Bertz CT molecular complexity index is 668. The lowest BCUT2D eigenvalue weighted by molar-refractivity contribution is 0.144. The number of aromatic nitrogens is 1. The van der Waals surface area contributed by atoms with Crippen molar-refractivity contribution in [2.24, 2.45) is 4.99 Å². The van der Waals surface area contributed by atoms with E-state index in [4.69, 9.17) is 4.74 Å². The summed E-state index contributed by atoms with van der Waals surface area (Å²) in [7, 11) is 0. The van der Waals surface area contributed by atoms with Crippen LogP contribution in [0.5, 0.6) is 0 Å². The molecule has 0 radical (unpaired) electrons. The molecule has 0 saturated carbocycles. The highest BCUT2D eigenvalue weighted by Gasteiger charge is 2.05. The third-order valence-electron chi connectivity index (χ3n) is 3.93. The number of fused-ring (bicyclic) bond motifs is 1. The third-order valence-corrected chi connectivity index (χ3v) is 3.93. The van der Waals surface area contributed by atoms with E-state index in [0.29, 0.717) is 0 Å². The molecule has 0 amide bonds. The normalized spacial score (nSPS) is 11.9. The second-order valence-corrected chi connectivity index (χ2v) is 5.85. The minimum atomic E-state index is -0.218. The molecule has 0 fully saturated rings. The van der Waals surface area contributed by atoms with Crippen LogP contribution in [-0.2, 0) is 11.2 Å². The molecule has 2 aromatic rings. The molecule has 0 aliphatic heterocycles. The fourth-order valence-electron chi connectivity index (χ4n) is 2.67. The number of unbranched alkanes of at least 4 members (excludes halogenated alkanes) is 1. The van der Waals surface area contributed by atoms with E-state index >= 15 is 0 Å². The van der Waals surface area contributed by atoms with Gasteiger partial charge in [0.15, 0.2) is 5.96 Å². The first-order valence-electron chi connectivity index (χ1n) is 9.10. The van der Waals surface area contributed by atoms with E-state index in [2.05, 4.69) is 27.5 Å². The van der Waals surface area contributed by atoms with E-state index in [-0.39, 0.29) is 5.82 Å². The average molecular weight is 348 g/mol. The van der Waals surface area contributed by atoms with Crippen LogP contribution in [0, 0.1) is 5.82 Å². The van der Waals surface area contributed by atoms with Gasteiger partial charge in [0, 0.05) is 49.9 Å². The molecule has 3 N–H and O–H groups in total. The number of aromatic amines is 1. The van der Waals surface area contributed by atoms with Gasteiger partial charge in [0.25, 0.3) is 0 Å². The van der Waals surface area contributed by atoms with Crippen LogP contribution < -0.4 is 10.6 Å². The zero-order chi connectivity index (χ0) is 17.9. The number of ether oxygens (including phenoxy) is 1. The predicted molar refractivity (Wildman–Crippen MR) is 102 cm³/mol. The lowest BCUT2D eigenvalue weighted by Gasteiger charge is -2.11. The van der Waals surface area contributed by atoms with Gasteiger partial charge >= 0.3 is 0 Å². The van der Waals surface area contributed by atoms with Crippen molar-refractivity contribution in [3.05, 3.63) is 35.8 Å². The number of H-pyrrole nitrogens is 1. The van der Waals surface area contributed by atoms with Crippen LogP contribution in [0.3, 0.4) is 0 Å². The monoisotopic (exact) mass is 348 g/mol. The van der Waals surface area contributed by atoms with Crippen molar-refractivity contribution in [1.82, 2.24) is 15.6 Å². The first kappa shape index (κ1) is 19.2. The Labute approximate surface area is 149 Å². The first-order chi connectivity index (χ1) is 12.2. The number of nitrogens with one attached hydrogen (secondary N) is 3. The second kappa shape index (κ2) is 10.7. The molecule has 1 aromatic carbocycles. The number of hydrogen-bond acceptors (Lipinski definition) is 2. The van der Waals surface area contributed by atoms with Crippen LogP contribution in [0.2, 0.25) is 0 Å². The summed E-state index contributed by atoms with van der Waals surface area (Å²) in [6.07, 6.45) is 4.84. The highest BCUT2D eigenvalue weighted by molar-refractivity contribution is 5.83. The number of benzene rings is 1. The van der Waals surface area contributed by atoms with Gasteiger partial charge in [-0.25, -0.2) is 4.39 Å². The number of nitrogens with zero attached hydrogens (tertiary/aromatic N) is 1. The zero-order valence-electron chi connectivity index (χ0n) is 15.2. The highest BCUT2D eigenvalue weighted by Crippen LogP contribution is 2.19. The standard InChI is InChI=1S/C19H29FN4O/c1-3-21-19(22-10-5-6-12-25-4-2)23-11-9-15-14-24-18-13-16(20)7-8-17(15)18/h7-8,13-14,24H,3-6,9-12H2,1-2H3,(H2,21,22,23). The summed E-state index contributed by atoms with van der Waals surface area (Å²) in [6.45, 7) is 8.03. The van der Waals surface area contributed by atoms with E-state index in [1.165, 1.54) is 17.7 Å². The molecule has 138 valence electrons. The molecule has 0 aliphatic carbocycles. The molecule has 25 heavy (non-hydrogen) atoms. The highest BCUT2D eigenvalue weighted by atomic mass is 19.1. The van der Waals surface area contributed by atoms with Crippen molar-refractivity contribution >= 4 is 16.9 Å². The van der Waals surface area contributed by atoms with Gasteiger partial charge < -0.3 is 20.4 Å². The molecule has 1 heterocycles. The van der Waals surface area contributed by atoms with Crippen LogP contribution in [0.4, 0.5) is 4.39 Å². The smallest absolute Gasteiger partial charge is 0.191 e. The van der Waals surface area contributed by atoms with E-state index in [0.717, 1.165) is 69.0 Å². The van der Waals surface area contributed by atoms with E-state index in [1.54, 1.807) is 0 Å². The van der Waals surface area contributed by atoms with E-state index in [9.17, 15) is 4.39 Å². The van der Waals surface area contributed by atoms with Crippen molar-refractivity contribution in [3.63, 3.8) is 0 Å². The largest absolute Gasteiger partial charge is 0.382 e. The topological polar surface area (TPSA) is 61.4 Å². The molecular formula is C19H29FN4O. The number of rotatable bonds is 10. The van der Waals surface area contributed by atoms with Crippen LogP contribution >= 0.6 is 0 Å². The minimum absolute atomic E-state index is 0.218. The molecule has 0 unspecified atom stereocenters. The second-order valence-electron chi connectivity index (χ2n) is 5.85. The SMILES string of the molecule is CCNC(=NCCCCOCC)NCCc1c[nH]c2cc(F)ccc12. The van der Waals surface area contributed by atoms with Gasteiger partial charge in [-0.1, -0.05) is 0 Å². The summed E-state index contributed by atoms with van der Waals surface area (Å²) in [5.41, 5.74) is 2.01. The van der Waals surface area contributed by atoms with Gasteiger partial charge in [0.05, 0.1) is 0 Å². The van der Waals surface area contributed by atoms with E-state index in [1.807, 2.05) is 19.2 Å². The van der Waals surface area contributed by atoms with Gasteiger partial charge in [-0.2, -0.15) is 0 Å². The fourth-order valence-corrected chi connectivity index (χ4v) is 2.67. The molecule has 0 atom stereocenters. The Morgan fingerprint density at radius 1 is 1.24 bits per heavy atom. The summed E-state index contributed by atoms with van der Waals surface area (Å²) in [5, 5.41) is 7.69. The summed E-state index contributed by atoms with van der Waals surface area (Å²) >= 11 is 0. The third kappa shape index (κ3) is 6.38. The van der Waals surface area contributed by atoms with Crippen molar-refractivity contribution < 1.29 is 9.13 Å². The molecule has 0 bridgehead atoms. The maximum Gasteiger partial charge on any atom is 0.191 e. The number of hydrogen-bond donors (Lipinski definition) is 3. The molecule has 2 rings (SSSR count). The van der Waals surface area contributed by atoms with Gasteiger partial charge in [0.1, 0.15) is 5.82 Å². The van der Waals surface area contributed by atoms with Gasteiger partial charge in [0.2, 0.25) is 0 Å². The quantitative estimate of drug-likeness (QED) is 0.351. The summed E-state index contributed by atoms with van der Waals surface area (Å²) in [4.78, 5) is 7.71. The predicted octanol–water partition coefficient (Wildman–Crippen LogP) is 3.22. The van der Waals surface area contributed by atoms with Crippen molar-refractivity contribution in [2.45, 2.75) is 33.1 Å². The van der Waals surface area contributed by atoms with E-state index < -0.39 is 0 Å². The molecule has 5 nitrogen and oxygen atoms in total. The Morgan fingerprint density at radius 2 is 2.12 bits per heavy atom. The summed E-state index contributed by atoms with van der Waals surface area (Å²) < 4.78 is 18.6. The Hall–Kier alpha value is -2.08. The van der Waals surface area contributed by atoms with Gasteiger partial charge in [-0.15, -0.1) is 0 Å². The number of guanidine groups is 1. The molecule has 0 saturated heterocycles. The number of aliphatic imine (C=N–C) groups is 1. The molecule has 0 aliphatic rings. The van der Waals surface area contributed by atoms with Gasteiger partial charge in [-0.05, 0) is 56.9 Å². The fraction of sp³-hybridized carbons (Fsp3) is 0.526. The summed E-state index contributed by atoms with van der Waals surface area (Å²) in [6, 6.07) is 4.86.